The zero-order chi connectivity index (χ0) is 15.8. The number of nitrogens with zero attached hydrogens (tertiary/aromatic N) is 1. The average molecular weight is 305 g/mol. The van der Waals surface area contributed by atoms with Gasteiger partial charge in [0.05, 0.1) is 13.7 Å². The molecule has 1 saturated carbocycles. The number of nitrogens with one attached hydrogen (secondary N) is 2. The van der Waals surface area contributed by atoms with E-state index in [1.165, 1.54) is 25.7 Å². The number of rotatable bonds is 6. The first-order valence-electron chi connectivity index (χ1n) is 7.99. The average Bonchev–Trinajstić information content (AvgIpc) is 3.05. The number of hydrogen-bond donors (Lipinski definition) is 2. The van der Waals surface area contributed by atoms with Crippen LogP contribution in [0.4, 0.5) is 0 Å². The maximum Gasteiger partial charge on any atom is 0.191 e. The first-order chi connectivity index (χ1) is 10.7. The highest BCUT2D eigenvalue weighted by atomic mass is 16.5. The van der Waals surface area contributed by atoms with Crippen molar-refractivity contribution in [3.05, 3.63) is 24.3 Å². The zero-order valence-electron chi connectivity index (χ0n) is 13.8. The van der Waals surface area contributed by atoms with E-state index in [1.807, 2.05) is 31.2 Å². The minimum absolute atomic E-state index is 0.0124. The van der Waals surface area contributed by atoms with Crippen LogP contribution in [0.2, 0.25) is 0 Å². The first-order valence-corrected chi connectivity index (χ1v) is 7.99. The molecule has 0 aliphatic heterocycles. The van der Waals surface area contributed by atoms with Crippen LogP contribution in [0.1, 0.15) is 32.6 Å². The summed E-state index contributed by atoms with van der Waals surface area (Å²) in [5.74, 6) is 2.36. The van der Waals surface area contributed by atoms with Crippen LogP contribution in [0.15, 0.2) is 29.3 Å². The Labute approximate surface area is 133 Å². The Kier molecular flexibility index (Phi) is 6.37. The molecule has 1 atom stereocenters. The third-order valence-corrected chi connectivity index (χ3v) is 3.87. The van der Waals surface area contributed by atoms with Gasteiger partial charge >= 0.3 is 0 Å². The van der Waals surface area contributed by atoms with Crippen molar-refractivity contribution < 1.29 is 9.47 Å². The molecule has 1 aliphatic rings. The molecule has 0 amide bonds. The monoisotopic (exact) mass is 305 g/mol. The summed E-state index contributed by atoms with van der Waals surface area (Å²) in [5.41, 5.74) is 0. The highest BCUT2D eigenvalue weighted by Gasteiger charge is 2.16. The summed E-state index contributed by atoms with van der Waals surface area (Å²) in [6.07, 6.45) is 5.09. The number of para-hydroxylation sites is 2. The molecule has 0 radical (unpaired) electrons. The fourth-order valence-corrected chi connectivity index (χ4v) is 2.67. The topological polar surface area (TPSA) is 54.9 Å². The molecule has 0 spiro atoms. The number of ether oxygens (including phenoxy) is 2. The van der Waals surface area contributed by atoms with Gasteiger partial charge in [0.25, 0.3) is 0 Å². The van der Waals surface area contributed by atoms with E-state index in [2.05, 4.69) is 15.6 Å². The summed E-state index contributed by atoms with van der Waals surface area (Å²) >= 11 is 0. The molecule has 0 heterocycles. The van der Waals surface area contributed by atoms with Gasteiger partial charge in [-0.25, -0.2) is 0 Å². The highest BCUT2D eigenvalue weighted by molar-refractivity contribution is 5.80. The van der Waals surface area contributed by atoms with Crippen LogP contribution in [0, 0.1) is 0 Å². The van der Waals surface area contributed by atoms with Crippen LogP contribution in [-0.4, -0.2) is 38.8 Å². The van der Waals surface area contributed by atoms with Crippen LogP contribution < -0.4 is 20.1 Å². The van der Waals surface area contributed by atoms with Crippen LogP contribution in [0.25, 0.3) is 0 Å². The molecule has 122 valence electrons. The number of methoxy groups -OCH3 is 1. The fraction of sp³-hybridized carbons (Fsp3) is 0.588. The Hall–Kier alpha value is -1.91. The van der Waals surface area contributed by atoms with Crippen LogP contribution >= 0.6 is 0 Å². The lowest BCUT2D eigenvalue weighted by Gasteiger charge is -2.20. The minimum atomic E-state index is 0.0124. The molecule has 22 heavy (non-hydrogen) atoms. The van der Waals surface area contributed by atoms with E-state index in [0.29, 0.717) is 12.6 Å². The van der Waals surface area contributed by atoms with Crippen molar-refractivity contribution in [2.24, 2.45) is 4.99 Å². The number of guanidine groups is 1. The molecular weight excluding hydrogens is 278 g/mol. The number of hydrogen-bond acceptors (Lipinski definition) is 3. The fourth-order valence-electron chi connectivity index (χ4n) is 2.67. The standard InChI is InChI=1S/C17H27N3O2/c1-13(22-16-11-7-6-10-15(16)21-3)12-19-17(18-2)20-14-8-4-5-9-14/h6-7,10-11,13-14H,4-5,8-9,12H2,1-3H3,(H2,18,19,20). The second-order valence-electron chi connectivity index (χ2n) is 5.66. The second kappa shape index (κ2) is 8.51. The van der Waals surface area contributed by atoms with E-state index in [0.717, 1.165) is 17.5 Å². The van der Waals surface area contributed by atoms with Crippen molar-refractivity contribution >= 4 is 5.96 Å². The van der Waals surface area contributed by atoms with Gasteiger partial charge in [-0.1, -0.05) is 25.0 Å². The van der Waals surface area contributed by atoms with E-state index in [4.69, 9.17) is 9.47 Å². The Morgan fingerprint density at radius 2 is 1.95 bits per heavy atom. The summed E-state index contributed by atoms with van der Waals surface area (Å²) in [7, 11) is 3.45. The quantitative estimate of drug-likeness (QED) is 0.626. The molecule has 0 saturated heterocycles. The summed E-state index contributed by atoms with van der Waals surface area (Å²) in [5, 5.41) is 6.79. The van der Waals surface area contributed by atoms with Crippen molar-refractivity contribution in [3.8, 4) is 11.5 Å². The summed E-state index contributed by atoms with van der Waals surface area (Å²) in [4.78, 5) is 4.28. The number of benzene rings is 1. The molecular formula is C17H27N3O2. The van der Waals surface area contributed by atoms with E-state index in [-0.39, 0.29) is 6.10 Å². The molecule has 2 N–H and O–H groups in total. The smallest absolute Gasteiger partial charge is 0.191 e. The molecule has 5 heteroatoms. The lowest BCUT2D eigenvalue weighted by atomic mass is 10.2. The maximum absolute atomic E-state index is 5.93. The van der Waals surface area contributed by atoms with E-state index in [1.54, 1.807) is 14.2 Å². The number of aliphatic imine (C=N–C) groups is 1. The van der Waals surface area contributed by atoms with Crippen molar-refractivity contribution in [2.45, 2.75) is 44.8 Å². The van der Waals surface area contributed by atoms with Gasteiger partial charge < -0.3 is 20.1 Å². The van der Waals surface area contributed by atoms with Crippen LogP contribution in [-0.2, 0) is 0 Å². The van der Waals surface area contributed by atoms with Gasteiger partial charge in [0.2, 0.25) is 0 Å². The van der Waals surface area contributed by atoms with E-state index >= 15 is 0 Å². The van der Waals surface area contributed by atoms with Gasteiger partial charge in [0, 0.05) is 13.1 Å². The van der Waals surface area contributed by atoms with Gasteiger partial charge in [-0.15, -0.1) is 0 Å². The molecule has 0 bridgehead atoms. The first kappa shape index (κ1) is 16.5. The van der Waals surface area contributed by atoms with Crippen molar-refractivity contribution in [2.75, 3.05) is 20.7 Å². The molecule has 1 aromatic carbocycles. The summed E-state index contributed by atoms with van der Waals surface area (Å²) in [6.45, 7) is 2.72. The van der Waals surface area contributed by atoms with Crippen molar-refractivity contribution in [1.29, 1.82) is 0 Å². The van der Waals surface area contributed by atoms with Gasteiger partial charge in [-0.05, 0) is 31.9 Å². The predicted molar refractivity (Wildman–Crippen MR) is 89.8 cm³/mol. The van der Waals surface area contributed by atoms with Crippen molar-refractivity contribution in [1.82, 2.24) is 10.6 Å². The van der Waals surface area contributed by atoms with Gasteiger partial charge in [-0.3, -0.25) is 4.99 Å². The van der Waals surface area contributed by atoms with Crippen LogP contribution in [0.5, 0.6) is 11.5 Å². The summed E-state index contributed by atoms with van der Waals surface area (Å²) < 4.78 is 11.2. The zero-order valence-corrected chi connectivity index (χ0v) is 13.8. The van der Waals surface area contributed by atoms with E-state index < -0.39 is 0 Å². The van der Waals surface area contributed by atoms with Crippen molar-refractivity contribution in [3.63, 3.8) is 0 Å². The molecule has 0 aromatic heterocycles. The molecule has 5 nitrogen and oxygen atoms in total. The lowest BCUT2D eigenvalue weighted by Crippen LogP contribution is -2.45. The second-order valence-corrected chi connectivity index (χ2v) is 5.66. The molecule has 1 fully saturated rings. The Morgan fingerprint density at radius 1 is 1.27 bits per heavy atom. The normalized spacial score (nSPS) is 17.1. The van der Waals surface area contributed by atoms with Gasteiger partial charge in [0.1, 0.15) is 6.10 Å². The van der Waals surface area contributed by atoms with Gasteiger partial charge in [0.15, 0.2) is 17.5 Å². The maximum atomic E-state index is 5.93. The van der Waals surface area contributed by atoms with Crippen LogP contribution in [0.3, 0.4) is 0 Å². The Balaban J connectivity index is 1.79. The predicted octanol–water partition coefficient (Wildman–Crippen LogP) is 2.57. The Morgan fingerprint density at radius 3 is 2.59 bits per heavy atom. The summed E-state index contributed by atoms with van der Waals surface area (Å²) in [6, 6.07) is 8.24. The lowest BCUT2D eigenvalue weighted by molar-refractivity contribution is 0.213. The van der Waals surface area contributed by atoms with Gasteiger partial charge in [-0.2, -0.15) is 0 Å². The highest BCUT2D eigenvalue weighted by Crippen LogP contribution is 2.26. The third kappa shape index (κ3) is 4.83. The van der Waals surface area contributed by atoms with E-state index in [9.17, 15) is 0 Å². The Bertz CT molecular complexity index is 485. The molecule has 1 unspecified atom stereocenters. The molecule has 1 aliphatic carbocycles. The minimum Gasteiger partial charge on any atom is -0.493 e. The third-order valence-electron chi connectivity index (χ3n) is 3.87. The SMILES string of the molecule is CN=C(NCC(C)Oc1ccccc1OC)NC1CCCC1. The largest absolute Gasteiger partial charge is 0.493 e. The molecule has 2 rings (SSSR count). The molecule has 1 aromatic rings.